The van der Waals surface area contributed by atoms with Gasteiger partial charge in [-0.1, -0.05) is 29.8 Å². The number of hydrogen-bond acceptors (Lipinski definition) is 2. The van der Waals surface area contributed by atoms with Gasteiger partial charge in [0.05, 0.1) is 11.4 Å². The van der Waals surface area contributed by atoms with E-state index in [-0.39, 0.29) is 5.91 Å². The van der Waals surface area contributed by atoms with Crippen molar-refractivity contribution < 1.29 is 4.79 Å². The Balaban J connectivity index is 1.96. The van der Waals surface area contributed by atoms with Crippen molar-refractivity contribution in [3.05, 3.63) is 58.7 Å². The first-order chi connectivity index (χ1) is 9.95. The fourth-order valence-corrected chi connectivity index (χ4v) is 2.17. The van der Waals surface area contributed by atoms with Crippen molar-refractivity contribution in [2.45, 2.75) is 33.6 Å². The van der Waals surface area contributed by atoms with Crippen molar-refractivity contribution in [2.75, 3.05) is 11.1 Å². The van der Waals surface area contributed by atoms with E-state index in [2.05, 4.69) is 36.5 Å². The van der Waals surface area contributed by atoms with Crippen molar-refractivity contribution in [3.8, 4) is 0 Å². The standard InChI is InChI=1S/C18H22N2O/c1-12-4-6-15(7-5-12)8-9-18(21)20-17-11-14(3)13(2)10-16(17)19/h4-7,10-11H,8-9,19H2,1-3H3,(H,20,21). The summed E-state index contributed by atoms with van der Waals surface area (Å²) in [6.07, 6.45) is 1.19. The van der Waals surface area contributed by atoms with Crippen LogP contribution in [0.4, 0.5) is 11.4 Å². The molecule has 110 valence electrons. The lowest BCUT2D eigenvalue weighted by Gasteiger charge is -2.11. The predicted octanol–water partition coefficient (Wildman–Crippen LogP) is 3.77. The average molecular weight is 282 g/mol. The van der Waals surface area contributed by atoms with E-state index in [9.17, 15) is 4.79 Å². The van der Waals surface area contributed by atoms with Crippen LogP contribution in [0.2, 0.25) is 0 Å². The number of carbonyl (C=O) groups excluding carboxylic acids is 1. The van der Waals surface area contributed by atoms with Gasteiger partial charge in [-0.25, -0.2) is 0 Å². The SMILES string of the molecule is Cc1ccc(CCC(=O)Nc2cc(C)c(C)cc2N)cc1. The highest BCUT2D eigenvalue weighted by atomic mass is 16.1. The summed E-state index contributed by atoms with van der Waals surface area (Å²) in [5.41, 5.74) is 11.9. The van der Waals surface area contributed by atoms with E-state index in [1.807, 2.05) is 26.0 Å². The minimum atomic E-state index is -0.00877. The maximum Gasteiger partial charge on any atom is 0.224 e. The maximum atomic E-state index is 12.0. The van der Waals surface area contributed by atoms with Crippen molar-refractivity contribution in [2.24, 2.45) is 0 Å². The lowest BCUT2D eigenvalue weighted by atomic mass is 10.1. The summed E-state index contributed by atoms with van der Waals surface area (Å²) in [6, 6.07) is 12.1. The number of anilines is 2. The quantitative estimate of drug-likeness (QED) is 0.839. The van der Waals surface area contributed by atoms with Crippen LogP contribution < -0.4 is 11.1 Å². The topological polar surface area (TPSA) is 55.1 Å². The monoisotopic (exact) mass is 282 g/mol. The highest BCUT2D eigenvalue weighted by Gasteiger charge is 2.07. The van der Waals surface area contributed by atoms with Gasteiger partial charge in [0.25, 0.3) is 0 Å². The van der Waals surface area contributed by atoms with Gasteiger partial charge in [0.2, 0.25) is 5.91 Å². The molecule has 0 aromatic heterocycles. The first-order valence-corrected chi connectivity index (χ1v) is 7.18. The first-order valence-electron chi connectivity index (χ1n) is 7.18. The van der Waals surface area contributed by atoms with Gasteiger partial charge in [-0.2, -0.15) is 0 Å². The van der Waals surface area contributed by atoms with Crippen molar-refractivity contribution in [1.29, 1.82) is 0 Å². The zero-order chi connectivity index (χ0) is 15.4. The van der Waals surface area contributed by atoms with Crippen LogP contribution in [0.1, 0.15) is 28.7 Å². The van der Waals surface area contributed by atoms with Gasteiger partial charge < -0.3 is 11.1 Å². The Morgan fingerprint density at radius 2 is 1.67 bits per heavy atom. The van der Waals surface area contributed by atoms with E-state index in [0.717, 1.165) is 17.5 Å². The van der Waals surface area contributed by atoms with Crippen LogP contribution in [-0.2, 0) is 11.2 Å². The van der Waals surface area contributed by atoms with Gasteiger partial charge in [0, 0.05) is 6.42 Å². The number of nitrogens with two attached hydrogens (primary N) is 1. The number of amides is 1. The van der Waals surface area contributed by atoms with Crippen LogP contribution in [0.3, 0.4) is 0 Å². The highest BCUT2D eigenvalue weighted by molar-refractivity contribution is 5.94. The number of nitrogen functional groups attached to an aromatic ring is 1. The van der Waals surface area contributed by atoms with Crippen molar-refractivity contribution in [3.63, 3.8) is 0 Å². The molecule has 2 aromatic rings. The third-order valence-corrected chi connectivity index (χ3v) is 3.70. The molecule has 2 aromatic carbocycles. The molecule has 0 aliphatic rings. The molecule has 0 saturated heterocycles. The van der Waals surface area contributed by atoms with Gasteiger partial charge in [0.1, 0.15) is 0 Å². The molecule has 21 heavy (non-hydrogen) atoms. The van der Waals surface area contributed by atoms with Gasteiger partial charge >= 0.3 is 0 Å². The van der Waals surface area contributed by atoms with E-state index in [1.165, 1.54) is 11.1 Å². The largest absolute Gasteiger partial charge is 0.397 e. The molecule has 0 aliphatic heterocycles. The Labute approximate surface area is 126 Å². The lowest BCUT2D eigenvalue weighted by molar-refractivity contribution is -0.116. The van der Waals surface area contributed by atoms with Gasteiger partial charge in [-0.15, -0.1) is 0 Å². The summed E-state index contributed by atoms with van der Waals surface area (Å²) >= 11 is 0. The maximum absolute atomic E-state index is 12.0. The summed E-state index contributed by atoms with van der Waals surface area (Å²) in [7, 11) is 0. The summed E-state index contributed by atoms with van der Waals surface area (Å²) in [6.45, 7) is 6.07. The second kappa shape index (κ2) is 6.44. The molecule has 0 atom stereocenters. The molecule has 0 radical (unpaired) electrons. The van der Waals surface area contributed by atoms with E-state index in [0.29, 0.717) is 17.8 Å². The van der Waals surface area contributed by atoms with Crippen LogP contribution in [0.15, 0.2) is 36.4 Å². The molecule has 0 spiro atoms. The summed E-state index contributed by atoms with van der Waals surface area (Å²) in [5, 5.41) is 2.90. The van der Waals surface area contributed by atoms with E-state index >= 15 is 0 Å². The Kier molecular flexibility index (Phi) is 4.63. The molecule has 0 aliphatic carbocycles. The Morgan fingerprint density at radius 1 is 1.05 bits per heavy atom. The number of rotatable bonds is 4. The van der Waals surface area contributed by atoms with Crippen molar-refractivity contribution >= 4 is 17.3 Å². The summed E-state index contributed by atoms with van der Waals surface area (Å²) < 4.78 is 0. The molecule has 0 saturated carbocycles. The molecular formula is C18H22N2O. The number of nitrogens with one attached hydrogen (secondary N) is 1. The fraction of sp³-hybridized carbons (Fsp3) is 0.278. The Hall–Kier alpha value is -2.29. The zero-order valence-electron chi connectivity index (χ0n) is 12.9. The molecule has 0 fully saturated rings. The molecule has 3 N–H and O–H groups in total. The van der Waals surface area contributed by atoms with E-state index < -0.39 is 0 Å². The molecule has 0 heterocycles. The molecule has 3 nitrogen and oxygen atoms in total. The highest BCUT2D eigenvalue weighted by Crippen LogP contribution is 2.23. The molecule has 2 rings (SSSR count). The number of carbonyl (C=O) groups is 1. The van der Waals surface area contributed by atoms with E-state index in [1.54, 1.807) is 0 Å². The molecule has 0 unspecified atom stereocenters. The number of benzene rings is 2. The summed E-state index contributed by atoms with van der Waals surface area (Å²) in [4.78, 5) is 12.0. The minimum Gasteiger partial charge on any atom is -0.397 e. The molecule has 3 heteroatoms. The van der Waals surface area contributed by atoms with Crippen LogP contribution in [0, 0.1) is 20.8 Å². The smallest absolute Gasteiger partial charge is 0.224 e. The average Bonchev–Trinajstić information content (AvgIpc) is 2.44. The molecule has 1 amide bonds. The molecule has 0 bridgehead atoms. The second-order valence-electron chi connectivity index (χ2n) is 5.56. The third kappa shape index (κ3) is 4.09. The van der Waals surface area contributed by atoms with Crippen LogP contribution in [0.25, 0.3) is 0 Å². The summed E-state index contributed by atoms with van der Waals surface area (Å²) in [5.74, 6) is -0.00877. The number of aryl methyl sites for hydroxylation is 4. The van der Waals surface area contributed by atoms with Gasteiger partial charge in [-0.3, -0.25) is 4.79 Å². The van der Waals surface area contributed by atoms with E-state index in [4.69, 9.17) is 5.73 Å². The van der Waals surface area contributed by atoms with Crippen molar-refractivity contribution in [1.82, 2.24) is 0 Å². The van der Waals surface area contributed by atoms with Gasteiger partial charge in [0.15, 0.2) is 0 Å². The predicted molar refractivity (Wildman–Crippen MR) is 88.5 cm³/mol. The van der Waals surface area contributed by atoms with Crippen LogP contribution in [-0.4, -0.2) is 5.91 Å². The minimum absolute atomic E-state index is 0.00877. The number of hydrogen-bond donors (Lipinski definition) is 2. The second-order valence-corrected chi connectivity index (χ2v) is 5.56. The lowest BCUT2D eigenvalue weighted by Crippen LogP contribution is -2.14. The zero-order valence-corrected chi connectivity index (χ0v) is 12.9. The Morgan fingerprint density at radius 3 is 2.33 bits per heavy atom. The Bertz CT molecular complexity index is 645. The van der Waals surface area contributed by atoms with Crippen LogP contribution >= 0.6 is 0 Å². The molecular weight excluding hydrogens is 260 g/mol. The first kappa shape index (κ1) is 15.1. The van der Waals surface area contributed by atoms with Gasteiger partial charge in [-0.05, 0) is 56.0 Å². The fourth-order valence-electron chi connectivity index (χ4n) is 2.17. The van der Waals surface area contributed by atoms with Crippen LogP contribution in [0.5, 0.6) is 0 Å². The third-order valence-electron chi connectivity index (χ3n) is 3.70. The normalized spacial score (nSPS) is 10.4.